The van der Waals surface area contributed by atoms with Gasteiger partial charge >= 0.3 is 12.2 Å². The molecule has 488 valence electrons. The highest BCUT2D eigenvalue weighted by atomic mass is 32.2. The Kier molecular flexibility index (Phi) is 23.9. The molecule has 22 atom stereocenters. The standard InChI is InChI=1S/C26H48N4O11S.C25H47N5O11S/c1-13-10-15(28)20(40-23-18(32)21(26(5,34)12-37-23)30(6)42(7,35)36)17(31)19(13)39-22-16(9-8-14(11-27)38-22)29-24(33)41-25(2,3)4;1-24(2,3)41-23(33)29-15-8-7-12(10-26)38-21(15)39-18-13(27)9-14(28)19(16(18)31)40-22-17(32)20(25(4,34)11-37-22)30(5)42(6,35)36/h8,13,15-23,31-32,34H,9-12,27-28H2,1-7H3,(H,29,33);7,13-22,31-32,34H,8-11,26-28H2,1-6H3,(H,29,33)/t13-,15+,16+,17-,18+,19+,20-,21+,22+,23+,26-;13-,14+,15+,16-,17+,18+,19-,20+,21+,22+,25-/m00/s1. The number of aliphatic hydroxyl groups is 6. The summed E-state index contributed by atoms with van der Waals surface area (Å²) < 4.78 is 109. The number of carbonyl (C=O) groups excluding carboxylic acids is 2. The molecule has 4 aliphatic heterocycles. The van der Waals surface area contributed by atoms with Crippen molar-refractivity contribution >= 4 is 32.2 Å². The summed E-state index contributed by atoms with van der Waals surface area (Å²) in [6, 6.07) is -6.33. The minimum atomic E-state index is -3.82. The molecule has 4 fully saturated rings. The monoisotopic (exact) mass is 1250 g/mol. The van der Waals surface area contributed by atoms with Crippen molar-refractivity contribution < 1.29 is 104 Å². The SMILES string of the molecule is CN([C@@H]1[C@@H](O)[C@@H](O[C@@H]2[C@@H](O)[C@H](O[C@H]3OC(CN)=CC[C@H]3NC(=O)OC(C)(C)C)[C@@H](N)C[C@H]2N)OC[C@]1(C)O)S(C)(=O)=O.C[C@H]1C[C@@H](N)[C@H](O[C@H]2OC[C@](C)(O)[C@H](N(C)S(C)(=O)=O)[C@H]2O)[C@@H](O)[C@@H]1O[C@H]1OC(CN)=CC[C@H]1NC(=O)OC(C)(C)C. The van der Waals surface area contributed by atoms with E-state index in [0.29, 0.717) is 30.8 Å². The second-order valence-electron chi connectivity index (χ2n) is 25.0. The van der Waals surface area contributed by atoms with Crippen LogP contribution in [0.4, 0.5) is 9.59 Å². The molecule has 0 spiro atoms. The molecule has 4 heterocycles. The van der Waals surface area contributed by atoms with Gasteiger partial charge in [-0.1, -0.05) is 6.92 Å². The molecule has 0 aromatic carbocycles. The molecule has 31 nitrogen and oxygen atoms in total. The number of amides is 2. The van der Waals surface area contributed by atoms with E-state index in [1.165, 1.54) is 27.9 Å². The van der Waals surface area contributed by atoms with Crippen molar-refractivity contribution in [3.63, 3.8) is 0 Å². The summed E-state index contributed by atoms with van der Waals surface area (Å²) in [7, 11) is -5.17. The van der Waals surface area contributed by atoms with Crippen LogP contribution in [-0.4, -0.2) is 260 Å². The maximum absolute atomic E-state index is 12.5. The van der Waals surface area contributed by atoms with Gasteiger partial charge in [0, 0.05) is 32.2 Å². The molecule has 2 saturated carbocycles. The number of aliphatic hydroxyl groups excluding tert-OH is 4. The fourth-order valence-corrected chi connectivity index (χ4v) is 12.4. The van der Waals surface area contributed by atoms with Gasteiger partial charge in [-0.25, -0.2) is 26.4 Å². The van der Waals surface area contributed by atoms with Gasteiger partial charge in [0.25, 0.3) is 0 Å². The maximum atomic E-state index is 12.5. The van der Waals surface area contributed by atoms with Gasteiger partial charge in [-0.3, -0.25) is 0 Å². The first kappa shape index (κ1) is 71.5. The molecular formula is C51H95N9O22S2. The zero-order valence-corrected chi connectivity index (χ0v) is 51.8. The quantitative estimate of drug-likeness (QED) is 0.0702. The lowest BCUT2D eigenvalue weighted by Crippen LogP contribution is -2.69. The first-order valence-electron chi connectivity index (χ1n) is 27.8. The molecule has 33 heteroatoms. The number of sulfonamides is 2. The van der Waals surface area contributed by atoms with Crippen LogP contribution in [0.2, 0.25) is 0 Å². The predicted molar refractivity (Wildman–Crippen MR) is 299 cm³/mol. The Morgan fingerprint density at radius 3 is 1.26 bits per heavy atom. The molecule has 6 rings (SSSR count). The Morgan fingerprint density at radius 1 is 0.607 bits per heavy atom. The summed E-state index contributed by atoms with van der Waals surface area (Å²) in [4.78, 5) is 25.0. The zero-order valence-electron chi connectivity index (χ0n) is 50.2. The van der Waals surface area contributed by atoms with Crippen LogP contribution in [0.25, 0.3) is 0 Å². The topological polar surface area (TPSA) is 477 Å². The third-order valence-electron chi connectivity index (χ3n) is 15.1. The second-order valence-corrected chi connectivity index (χ2v) is 29.1. The van der Waals surface area contributed by atoms with Gasteiger partial charge in [0.2, 0.25) is 32.6 Å². The number of nitrogens with zero attached hydrogens (tertiary/aromatic N) is 2. The Balaban J connectivity index is 0.000000307. The average Bonchev–Trinajstić information content (AvgIpc) is 1.02. The van der Waals surface area contributed by atoms with Crippen LogP contribution in [0.3, 0.4) is 0 Å². The molecule has 6 aliphatic rings. The third kappa shape index (κ3) is 18.4. The first-order valence-corrected chi connectivity index (χ1v) is 31.4. The van der Waals surface area contributed by atoms with E-state index in [1.807, 2.05) is 6.92 Å². The summed E-state index contributed by atoms with van der Waals surface area (Å²) in [5, 5.41) is 72.0. The normalized spacial score (nSPS) is 39.8. The largest absolute Gasteiger partial charge is 0.466 e. The van der Waals surface area contributed by atoms with Gasteiger partial charge in [0.1, 0.15) is 76.7 Å². The summed E-state index contributed by atoms with van der Waals surface area (Å²) in [6.07, 6.45) is -10.3. The Labute approximate surface area is 492 Å². The van der Waals surface area contributed by atoms with Crippen molar-refractivity contribution in [3.05, 3.63) is 23.7 Å². The fraction of sp³-hybridized carbons (Fsp3) is 0.882. The molecule has 2 aliphatic carbocycles. The number of rotatable bonds is 16. The Hall–Kier alpha value is -3.24. The molecule has 0 aromatic rings. The third-order valence-corrected chi connectivity index (χ3v) is 17.7. The van der Waals surface area contributed by atoms with Gasteiger partial charge in [-0.05, 0) is 99.1 Å². The lowest BCUT2D eigenvalue weighted by molar-refractivity contribution is -0.310. The number of hydrogen-bond donors (Lipinski definition) is 13. The lowest BCUT2D eigenvalue weighted by Gasteiger charge is -2.49. The van der Waals surface area contributed by atoms with Gasteiger partial charge in [-0.15, -0.1) is 0 Å². The summed E-state index contributed by atoms with van der Waals surface area (Å²) in [5.41, 5.74) is 25.6. The molecule has 84 heavy (non-hydrogen) atoms. The van der Waals surface area contributed by atoms with Crippen LogP contribution in [-0.2, 0) is 67.4 Å². The summed E-state index contributed by atoms with van der Waals surface area (Å²) >= 11 is 0. The highest BCUT2D eigenvalue weighted by Crippen LogP contribution is 2.37. The van der Waals surface area contributed by atoms with E-state index in [1.54, 1.807) is 53.7 Å². The first-order chi connectivity index (χ1) is 38.5. The Morgan fingerprint density at radius 2 is 0.929 bits per heavy atom. The summed E-state index contributed by atoms with van der Waals surface area (Å²) in [6.45, 7) is 14.3. The number of nitrogens with two attached hydrogens (primary N) is 5. The van der Waals surface area contributed by atoms with Gasteiger partial charge in [0.15, 0.2) is 12.6 Å². The predicted octanol–water partition coefficient (Wildman–Crippen LogP) is -3.92. The minimum absolute atomic E-state index is 0.0681. The van der Waals surface area contributed by atoms with Crippen molar-refractivity contribution in [2.45, 2.75) is 227 Å². The highest BCUT2D eigenvalue weighted by Gasteiger charge is 2.56. The van der Waals surface area contributed by atoms with Crippen molar-refractivity contribution in [3.8, 4) is 0 Å². The van der Waals surface area contributed by atoms with Crippen molar-refractivity contribution in [2.24, 2.45) is 34.6 Å². The van der Waals surface area contributed by atoms with E-state index in [4.69, 9.17) is 76.0 Å². The van der Waals surface area contributed by atoms with Crippen LogP contribution < -0.4 is 39.3 Å². The minimum Gasteiger partial charge on any atom is -0.466 e. The molecule has 2 amide bonds. The van der Waals surface area contributed by atoms with E-state index in [0.717, 1.165) is 21.1 Å². The summed E-state index contributed by atoms with van der Waals surface area (Å²) in [5.74, 6) is 0.587. The molecule has 0 radical (unpaired) electrons. The fourth-order valence-electron chi connectivity index (χ4n) is 10.9. The van der Waals surface area contributed by atoms with Crippen molar-refractivity contribution in [1.82, 2.24) is 19.2 Å². The smallest absolute Gasteiger partial charge is 0.408 e. The van der Waals surface area contributed by atoms with E-state index in [-0.39, 0.29) is 38.6 Å². The number of alkyl carbamates (subject to hydrolysis) is 2. The second kappa shape index (κ2) is 28.1. The molecule has 0 bridgehead atoms. The molecule has 2 saturated heterocycles. The Bertz CT molecular complexity index is 2340. The average molecular weight is 1250 g/mol. The highest BCUT2D eigenvalue weighted by molar-refractivity contribution is 7.88. The van der Waals surface area contributed by atoms with E-state index in [2.05, 4.69) is 10.6 Å². The number of carbonyl (C=O) groups is 2. The van der Waals surface area contributed by atoms with Crippen LogP contribution in [0.1, 0.15) is 88.0 Å². The van der Waals surface area contributed by atoms with Crippen LogP contribution in [0.5, 0.6) is 0 Å². The van der Waals surface area contributed by atoms with Crippen molar-refractivity contribution in [1.29, 1.82) is 0 Å². The van der Waals surface area contributed by atoms with Gasteiger partial charge in [0.05, 0.1) is 69.1 Å². The number of ether oxygens (including phenoxy) is 10. The van der Waals surface area contributed by atoms with E-state index < -0.39 is 171 Å². The van der Waals surface area contributed by atoms with E-state index >= 15 is 0 Å². The van der Waals surface area contributed by atoms with Gasteiger partial charge < -0.3 is 117 Å². The lowest BCUT2D eigenvalue weighted by atomic mass is 9.80. The van der Waals surface area contributed by atoms with Gasteiger partial charge in [-0.2, -0.15) is 8.61 Å². The van der Waals surface area contributed by atoms with E-state index in [9.17, 15) is 57.1 Å². The molecular weight excluding hydrogens is 1150 g/mol. The van der Waals surface area contributed by atoms with Crippen LogP contribution >= 0.6 is 0 Å². The maximum Gasteiger partial charge on any atom is 0.408 e. The number of hydrogen-bond acceptors (Lipinski definition) is 27. The zero-order chi connectivity index (χ0) is 63.6. The van der Waals surface area contributed by atoms with Crippen LogP contribution in [0, 0.1) is 5.92 Å². The van der Waals surface area contributed by atoms with Crippen molar-refractivity contribution in [2.75, 3.05) is 52.9 Å². The number of nitrogens with one attached hydrogen (secondary N) is 2. The molecule has 18 N–H and O–H groups in total. The molecule has 0 aromatic heterocycles. The van der Waals surface area contributed by atoms with Crippen LogP contribution in [0.15, 0.2) is 23.7 Å². The molecule has 0 unspecified atom stereocenters. The number of likely N-dealkylation sites (N-methyl/N-ethyl adjacent to an activating group) is 2.